The molecule has 2 N–H and O–H groups in total. The van der Waals surface area contributed by atoms with E-state index in [0.29, 0.717) is 25.8 Å². The van der Waals surface area contributed by atoms with E-state index in [1.807, 2.05) is 5.01 Å². The molecule has 1 aromatic rings. The normalized spacial score (nSPS) is 26.0. The molecule has 9 nitrogen and oxygen atoms in total. The molecule has 0 aromatic carbocycles. The van der Waals surface area contributed by atoms with Crippen molar-refractivity contribution in [3.05, 3.63) is 22.8 Å². The Kier molecular flexibility index (Phi) is 5.79. The summed E-state index contributed by atoms with van der Waals surface area (Å²) in [4.78, 5) is 26.5. The summed E-state index contributed by atoms with van der Waals surface area (Å²) in [6.45, 7) is 0.766. The first-order valence-corrected chi connectivity index (χ1v) is 8.99. The Morgan fingerprint density at radius 3 is 2.78 bits per heavy atom. The molecule has 0 unspecified atom stereocenters. The summed E-state index contributed by atoms with van der Waals surface area (Å²) in [5.74, 6) is -1.97. The zero-order chi connectivity index (χ0) is 19.6. The van der Waals surface area contributed by atoms with Crippen molar-refractivity contribution in [2.75, 3.05) is 13.2 Å². The number of hydrogen-bond acceptors (Lipinski definition) is 7. The van der Waals surface area contributed by atoms with E-state index in [1.165, 1.54) is 6.07 Å². The van der Waals surface area contributed by atoms with Crippen LogP contribution in [0.2, 0.25) is 5.02 Å². The summed E-state index contributed by atoms with van der Waals surface area (Å²) < 4.78 is 5.66. The Morgan fingerprint density at radius 1 is 1.37 bits per heavy atom. The van der Waals surface area contributed by atoms with Gasteiger partial charge in [-0.1, -0.05) is 11.6 Å². The quantitative estimate of drug-likeness (QED) is 0.739. The van der Waals surface area contributed by atoms with E-state index in [-0.39, 0.29) is 35.2 Å². The number of nitrogens with zero attached hydrogens (tertiary/aromatic N) is 4. The molecule has 3 atom stereocenters. The summed E-state index contributed by atoms with van der Waals surface area (Å²) in [6.07, 6.45) is 3.74. The van der Waals surface area contributed by atoms with Crippen LogP contribution in [-0.2, 0) is 4.79 Å². The van der Waals surface area contributed by atoms with E-state index in [1.54, 1.807) is 5.01 Å². The average molecular weight is 395 g/mol. The Bertz CT molecular complexity index is 783. The molecule has 0 bridgehead atoms. The summed E-state index contributed by atoms with van der Waals surface area (Å²) in [6, 6.07) is 2.20. The third-order valence-corrected chi connectivity index (χ3v) is 5.16. The second-order valence-electron chi connectivity index (χ2n) is 6.54. The van der Waals surface area contributed by atoms with Gasteiger partial charge in [0.2, 0.25) is 5.88 Å². The van der Waals surface area contributed by atoms with Crippen LogP contribution in [0.4, 0.5) is 0 Å². The molecular formula is C17H19ClN4O5. The van der Waals surface area contributed by atoms with Crippen molar-refractivity contribution in [3.63, 3.8) is 0 Å². The van der Waals surface area contributed by atoms with Gasteiger partial charge in [0.1, 0.15) is 23.7 Å². The fourth-order valence-electron chi connectivity index (χ4n) is 3.64. The van der Waals surface area contributed by atoms with Crippen LogP contribution in [0.1, 0.15) is 36.0 Å². The van der Waals surface area contributed by atoms with Crippen LogP contribution in [0, 0.1) is 11.3 Å². The van der Waals surface area contributed by atoms with Gasteiger partial charge in [-0.15, -0.1) is 0 Å². The average Bonchev–Trinajstić information content (AvgIpc) is 3.26. The van der Waals surface area contributed by atoms with Crippen LogP contribution in [0.15, 0.2) is 12.3 Å². The number of nitriles is 1. The number of halogens is 1. The number of pyridine rings is 1. The minimum Gasteiger partial charge on any atom is -0.480 e. The van der Waals surface area contributed by atoms with Crippen molar-refractivity contribution < 1.29 is 24.5 Å². The SMILES string of the molecule is N#C[C@@H]1CCCN1N1[C@@H](COc2ncc(C(=O)O)cc2Cl)CC[C@@H]1C(=O)O. The highest BCUT2D eigenvalue weighted by Gasteiger charge is 2.45. The number of ether oxygens (including phenoxy) is 1. The Hall–Kier alpha value is -2.41. The number of hydrazine groups is 1. The molecule has 0 radical (unpaired) electrons. The van der Waals surface area contributed by atoms with Crippen molar-refractivity contribution >= 4 is 23.5 Å². The molecule has 144 valence electrons. The van der Waals surface area contributed by atoms with Crippen molar-refractivity contribution in [1.29, 1.82) is 5.26 Å². The second-order valence-corrected chi connectivity index (χ2v) is 6.95. The maximum absolute atomic E-state index is 11.7. The number of rotatable bonds is 6. The topological polar surface area (TPSA) is 127 Å². The second kappa shape index (κ2) is 8.08. The first-order valence-electron chi connectivity index (χ1n) is 8.61. The molecule has 0 saturated carbocycles. The molecule has 0 spiro atoms. The van der Waals surface area contributed by atoms with Crippen LogP contribution in [0.25, 0.3) is 0 Å². The van der Waals surface area contributed by atoms with Crippen molar-refractivity contribution in [2.24, 2.45) is 0 Å². The molecule has 2 saturated heterocycles. The van der Waals surface area contributed by atoms with E-state index in [2.05, 4.69) is 11.1 Å². The molecule has 0 aliphatic carbocycles. The van der Waals surface area contributed by atoms with Crippen LogP contribution in [0.5, 0.6) is 5.88 Å². The van der Waals surface area contributed by atoms with Gasteiger partial charge < -0.3 is 14.9 Å². The van der Waals surface area contributed by atoms with Crippen LogP contribution >= 0.6 is 11.6 Å². The standard InChI is InChI=1S/C17H19ClN4O5/c18-13-6-10(16(23)24)8-20-15(13)27-9-12-3-4-14(17(25)26)22(12)21-5-1-2-11(21)7-19/h6,8,11-12,14H,1-5,9H2,(H,23,24)(H,25,26)/t11-,12+,14+/m0/s1. The summed E-state index contributed by atoms with van der Waals surface area (Å²) in [5.41, 5.74) is -0.0466. The van der Waals surface area contributed by atoms with Gasteiger partial charge in [-0.05, 0) is 31.7 Å². The number of aromatic carboxylic acids is 1. The molecule has 2 fully saturated rings. The Morgan fingerprint density at radius 2 is 2.15 bits per heavy atom. The lowest BCUT2D eigenvalue weighted by molar-refractivity contribution is -0.154. The lowest BCUT2D eigenvalue weighted by Crippen LogP contribution is -2.55. The van der Waals surface area contributed by atoms with Gasteiger partial charge in [0.05, 0.1) is 17.7 Å². The molecular weight excluding hydrogens is 376 g/mol. The number of carboxylic acids is 2. The minimum atomic E-state index is -1.14. The smallest absolute Gasteiger partial charge is 0.337 e. The number of aliphatic carboxylic acids is 1. The highest BCUT2D eigenvalue weighted by molar-refractivity contribution is 6.32. The molecule has 2 aliphatic heterocycles. The van der Waals surface area contributed by atoms with E-state index >= 15 is 0 Å². The third kappa shape index (κ3) is 3.98. The molecule has 10 heteroatoms. The van der Waals surface area contributed by atoms with E-state index < -0.39 is 18.0 Å². The first kappa shape index (κ1) is 19.4. The highest BCUT2D eigenvalue weighted by atomic mass is 35.5. The summed E-state index contributed by atoms with van der Waals surface area (Å²) in [7, 11) is 0. The maximum Gasteiger partial charge on any atom is 0.337 e. The molecule has 2 aliphatic rings. The van der Waals surface area contributed by atoms with E-state index in [9.17, 15) is 20.0 Å². The van der Waals surface area contributed by atoms with Gasteiger partial charge in [-0.25, -0.2) is 19.8 Å². The zero-order valence-corrected chi connectivity index (χ0v) is 15.2. The molecule has 27 heavy (non-hydrogen) atoms. The van der Waals surface area contributed by atoms with Gasteiger partial charge in [0.15, 0.2) is 0 Å². The Balaban J connectivity index is 1.74. The number of carboxylic acid groups (broad SMARTS) is 2. The van der Waals surface area contributed by atoms with Crippen LogP contribution in [0.3, 0.4) is 0 Å². The lowest BCUT2D eigenvalue weighted by atomic mass is 10.2. The first-order chi connectivity index (χ1) is 12.9. The van der Waals surface area contributed by atoms with Crippen molar-refractivity contribution in [2.45, 2.75) is 43.8 Å². The summed E-state index contributed by atoms with van der Waals surface area (Å²) in [5, 5.41) is 31.5. The van der Waals surface area contributed by atoms with Gasteiger partial charge in [-0.3, -0.25) is 4.79 Å². The fraction of sp³-hybridized carbons (Fsp3) is 0.529. The molecule has 1 aromatic heterocycles. The number of carbonyl (C=O) groups is 2. The van der Waals surface area contributed by atoms with Gasteiger partial charge in [0.25, 0.3) is 0 Å². The largest absolute Gasteiger partial charge is 0.480 e. The zero-order valence-electron chi connectivity index (χ0n) is 14.4. The van der Waals surface area contributed by atoms with Crippen LogP contribution < -0.4 is 4.74 Å². The highest BCUT2D eigenvalue weighted by Crippen LogP contribution is 2.32. The minimum absolute atomic E-state index is 0.0466. The van der Waals surface area contributed by atoms with Gasteiger partial charge in [0, 0.05) is 12.7 Å². The maximum atomic E-state index is 11.7. The molecule has 3 heterocycles. The number of hydrogen-bond donors (Lipinski definition) is 2. The lowest BCUT2D eigenvalue weighted by Gasteiger charge is -2.37. The van der Waals surface area contributed by atoms with Crippen molar-refractivity contribution in [3.8, 4) is 11.9 Å². The third-order valence-electron chi connectivity index (χ3n) is 4.89. The van der Waals surface area contributed by atoms with E-state index in [0.717, 1.165) is 12.6 Å². The number of aromatic nitrogens is 1. The molecule has 3 rings (SSSR count). The molecule has 0 amide bonds. The van der Waals surface area contributed by atoms with E-state index in [4.69, 9.17) is 21.4 Å². The fourth-order valence-corrected chi connectivity index (χ4v) is 3.86. The Labute approximate surface area is 160 Å². The predicted octanol–water partition coefficient (Wildman–Crippen LogP) is 1.63. The van der Waals surface area contributed by atoms with Gasteiger partial charge >= 0.3 is 11.9 Å². The van der Waals surface area contributed by atoms with Crippen LogP contribution in [-0.4, -0.2) is 68.4 Å². The van der Waals surface area contributed by atoms with Gasteiger partial charge in [-0.2, -0.15) is 5.26 Å². The monoisotopic (exact) mass is 394 g/mol. The van der Waals surface area contributed by atoms with Crippen molar-refractivity contribution in [1.82, 2.24) is 15.0 Å². The predicted molar refractivity (Wildman–Crippen MR) is 93.3 cm³/mol. The summed E-state index contributed by atoms with van der Waals surface area (Å²) >= 11 is 6.04.